The first-order valence-corrected chi connectivity index (χ1v) is 11.1. The van der Waals surface area contributed by atoms with E-state index >= 15 is 0 Å². The Balaban J connectivity index is 0.00000341. The number of aryl methyl sites for hydroxylation is 1. The van der Waals surface area contributed by atoms with E-state index in [0.717, 1.165) is 56.5 Å². The van der Waals surface area contributed by atoms with Gasteiger partial charge >= 0.3 is 0 Å². The summed E-state index contributed by atoms with van der Waals surface area (Å²) < 4.78 is 2.06. The maximum Gasteiger partial charge on any atom is 0.191 e. The predicted molar refractivity (Wildman–Crippen MR) is 138 cm³/mol. The fourth-order valence-electron chi connectivity index (χ4n) is 3.73. The number of fused-ring (bicyclic) bond motifs is 1. The van der Waals surface area contributed by atoms with E-state index in [2.05, 4.69) is 93.4 Å². The van der Waals surface area contributed by atoms with Crippen molar-refractivity contribution in [1.29, 1.82) is 0 Å². The van der Waals surface area contributed by atoms with E-state index in [-0.39, 0.29) is 24.0 Å². The molecule has 2 aromatic rings. The molecule has 0 radical (unpaired) electrons. The van der Waals surface area contributed by atoms with Crippen LogP contribution in [0.1, 0.15) is 56.7 Å². The molecule has 1 aliphatic heterocycles. The van der Waals surface area contributed by atoms with Gasteiger partial charge in [-0.05, 0) is 32.4 Å². The van der Waals surface area contributed by atoms with E-state index < -0.39 is 0 Å². The molecule has 0 spiro atoms. The summed E-state index contributed by atoms with van der Waals surface area (Å²) in [5, 5.41) is 11.7. The molecular weight excluding hydrogens is 501 g/mol. The highest BCUT2D eigenvalue weighted by molar-refractivity contribution is 14.0. The number of nitrogens with zero attached hydrogens (tertiary/aromatic N) is 5. The number of aromatic nitrogens is 3. The summed E-state index contributed by atoms with van der Waals surface area (Å²) in [5.41, 5.74) is 1.35. The minimum atomic E-state index is 0. The number of hydrogen-bond donors (Lipinski definition) is 2. The van der Waals surface area contributed by atoms with Crippen LogP contribution in [0.4, 0.5) is 0 Å². The molecule has 2 unspecified atom stereocenters. The first-order chi connectivity index (χ1) is 14.5. The highest BCUT2D eigenvalue weighted by atomic mass is 127. The van der Waals surface area contributed by atoms with Crippen molar-refractivity contribution in [1.82, 2.24) is 30.3 Å². The van der Waals surface area contributed by atoms with Crippen LogP contribution < -0.4 is 10.6 Å². The molecule has 2 heterocycles. The Labute approximate surface area is 204 Å². The Morgan fingerprint density at radius 2 is 2.00 bits per heavy atom. The van der Waals surface area contributed by atoms with Gasteiger partial charge in [0.2, 0.25) is 0 Å². The van der Waals surface area contributed by atoms with Crippen molar-refractivity contribution >= 4 is 29.9 Å². The maximum absolute atomic E-state index is 4.67. The van der Waals surface area contributed by atoms with Crippen LogP contribution in [0, 0.1) is 0 Å². The molecule has 0 saturated carbocycles. The Bertz CT molecular complexity index is 819. The third kappa shape index (κ3) is 7.45. The van der Waals surface area contributed by atoms with Gasteiger partial charge in [-0.2, -0.15) is 5.10 Å². The van der Waals surface area contributed by atoms with Crippen LogP contribution in [-0.2, 0) is 19.5 Å². The summed E-state index contributed by atoms with van der Waals surface area (Å²) in [6, 6.07) is 11.4. The van der Waals surface area contributed by atoms with Gasteiger partial charge in [0.05, 0.1) is 6.54 Å². The molecule has 0 aliphatic carbocycles. The SMILES string of the molecule is CN=C(NCCC(C)N(C)Cc1ccccc1)NC1CCc2nc(C(C)C)nn2C1.I. The molecular formula is C23H38IN7. The van der Waals surface area contributed by atoms with Crippen LogP contribution in [0.3, 0.4) is 0 Å². The molecule has 1 aliphatic rings. The van der Waals surface area contributed by atoms with Gasteiger partial charge in [0.15, 0.2) is 11.8 Å². The largest absolute Gasteiger partial charge is 0.356 e. The standard InChI is InChI=1S/C23H37N7.HI/c1-17(2)22-27-21-12-11-20(16-30(21)28-22)26-23(24-4)25-14-13-18(3)29(5)15-19-9-7-6-8-10-19;/h6-10,17-18,20H,11-16H2,1-5H3,(H2,24,25,26);1H. The van der Waals surface area contributed by atoms with Crippen LogP contribution >= 0.6 is 24.0 Å². The van der Waals surface area contributed by atoms with Gasteiger partial charge in [0.25, 0.3) is 0 Å². The monoisotopic (exact) mass is 539 g/mol. The number of nitrogens with one attached hydrogen (secondary N) is 2. The van der Waals surface area contributed by atoms with Crippen molar-refractivity contribution in [3.05, 3.63) is 47.5 Å². The average Bonchev–Trinajstić information content (AvgIpc) is 3.17. The lowest BCUT2D eigenvalue weighted by Crippen LogP contribution is -2.47. The van der Waals surface area contributed by atoms with E-state index in [1.54, 1.807) is 0 Å². The van der Waals surface area contributed by atoms with Crippen LogP contribution in [0.2, 0.25) is 0 Å². The van der Waals surface area contributed by atoms with Gasteiger partial charge < -0.3 is 10.6 Å². The predicted octanol–water partition coefficient (Wildman–Crippen LogP) is 3.41. The number of halogens is 1. The topological polar surface area (TPSA) is 70.4 Å². The first-order valence-electron chi connectivity index (χ1n) is 11.1. The highest BCUT2D eigenvalue weighted by Crippen LogP contribution is 2.17. The molecule has 172 valence electrons. The molecule has 0 saturated heterocycles. The second-order valence-corrected chi connectivity index (χ2v) is 8.64. The van der Waals surface area contributed by atoms with Crippen molar-refractivity contribution in [2.45, 2.75) is 71.1 Å². The number of aliphatic imine (C=N–C) groups is 1. The summed E-state index contributed by atoms with van der Waals surface area (Å²) in [6.07, 6.45) is 3.06. The molecule has 2 N–H and O–H groups in total. The Morgan fingerprint density at radius 3 is 2.68 bits per heavy atom. The number of hydrogen-bond acceptors (Lipinski definition) is 4. The molecule has 1 aromatic carbocycles. The molecule has 7 nitrogen and oxygen atoms in total. The number of rotatable bonds is 8. The van der Waals surface area contributed by atoms with E-state index in [4.69, 9.17) is 0 Å². The van der Waals surface area contributed by atoms with Crippen molar-refractivity contribution in [2.75, 3.05) is 20.6 Å². The number of benzene rings is 1. The summed E-state index contributed by atoms with van der Waals surface area (Å²) in [7, 11) is 4.02. The highest BCUT2D eigenvalue weighted by Gasteiger charge is 2.23. The lowest BCUT2D eigenvalue weighted by molar-refractivity contribution is 0.238. The average molecular weight is 540 g/mol. The van der Waals surface area contributed by atoms with Gasteiger partial charge in [0, 0.05) is 44.6 Å². The summed E-state index contributed by atoms with van der Waals surface area (Å²) >= 11 is 0. The van der Waals surface area contributed by atoms with Crippen LogP contribution in [0.5, 0.6) is 0 Å². The zero-order chi connectivity index (χ0) is 21.5. The van der Waals surface area contributed by atoms with Gasteiger partial charge in [-0.3, -0.25) is 9.89 Å². The lowest BCUT2D eigenvalue weighted by atomic mass is 10.1. The van der Waals surface area contributed by atoms with Gasteiger partial charge in [-0.15, -0.1) is 24.0 Å². The first kappa shape index (κ1) is 25.6. The summed E-state index contributed by atoms with van der Waals surface area (Å²) in [6.45, 7) is 9.25. The quantitative estimate of drug-likeness (QED) is 0.306. The zero-order valence-corrected chi connectivity index (χ0v) is 21.8. The molecule has 3 rings (SSSR count). The van der Waals surface area contributed by atoms with Crippen molar-refractivity contribution in [3.63, 3.8) is 0 Å². The molecule has 1 aromatic heterocycles. The second kappa shape index (κ2) is 12.4. The summed E-state index contributed by atoms with van der Waals surface area (Å²) in [4.78, 5) is 11.5. The fraction of sp³-hybridized carbons (Fsp3) is 0.609. The van der Waals surface area contributed by atoms with Crippen molar-refractivity contribution in [3.8, 4) is 0 Å². The minimum absolute atomic E-state index is 0. The van der Waals surface area contributed by atoms with E-state index in [0.29, 0.717) is 18.0 Å². The third-order valence-corrected chi connectivity index (χ3v) is 5.84. The van der Waals surface area contributed by atoms with Crippen molar-refractivity contribution < 1.29 is 0 Å². The van der Waals surface area contributed by atoms with E-state index in [1.807, 2.05) is 7.05 Å². The van der Waals surface area contributed by atoms with Crippen LogP contribution in [0.15, 0.2) is 35.3 Å². The van der Waals surface area contributed by atoms with Crippen molar-refractivity contribution in [2.24, 2.45) is 4.99 Å². The Kier molecular flexibility index (Phi) is 10.2. The minimum Gasteiger partial charge on any atom is -0.356 e. The van der Waals surface area contributed by atoms with Crippen LogP contribution in [0.25, 0.3) is 0 Å². The van der Waals surface area contributed by atoms with Gasteiger partial charge in [-0.1, -0.05) is 44.2 Å². The smallest absolute Gasteiger partial charge is 0.191 e. The fourth-order valence-corrected chi connectivity index (χ4v) is 3.73. The second-order valence-electron chi connectivity index (χ2n) is 8.64. The Morgan fingerprint density at radius 1 is 1.26 bits per heavy atom. The summed E-state index contributed by atoms with van der Waals surface area (Å²) in [5.74, 6) is 3.29. The molecule has 0 amide bonds. The lowest BCUT2D eigenvalue weighted by Gasteiger charge is -2.27. The van der Waals surface area contributed by atoms with E-state index in [9.17, 15) is 0 Å². The molecule has 2 atom stereocenters. The Hall–Kier alpha value is -1.68. The van der Waals surface area contributed by atoms with Crippen LogP contribution in [-0.4, -0.2) is 58.3 Å². The molecule has 0 bridgehead atoms. The van der Waals surface area contributed by atoms with Gasteiger partial charge in [0.1, 0.15) is 5.82 Å². The maximum atomic E-state index is 4.67. The molecule has 0 fully saturated rings. The zero-order valence-electron chi connectivity index (χ0n) is 19.5. The molecule has 31 heavy (non-hydrogen) atoms. The molecule has 8 heteroatoms. The van der Waals surface area contributed by atoms with E-state index in [1.165, 1.54) is 5.56 Å². The third-order valence-electron chi connectivity index (χ3n) is 5.84. The number of guanidine groups is 1. The normalized spacial score (nSPS) is 17.3. The van der Waals surface area contributed by atoms with Gasteiger partial charge in [-0.25, -0.2) is 9.67 Å².